The topological polar surface area (TPSA) is 57.7 Å². The maximum Gasteiger partial charge on any atom is 0.258 e. The van der Waals surface area contributed by atoms with Crippen molar-refractivity contribution in [2.45, 2.75) is 47.6 Å². The van der Waals surface area contributed by atoms with E-state index in [2.05, 4.69) is 6.92 Å². The summed E-state index contributed by atoms with van der Waals surface area (Å²) in [6.45, 7) is 3.89. The van der Waals surface area contributed by atoms with Crippen LogP contribution in [0, 0.1) is 0 Å². The fourth-order valence-electron chi connectivity index (χ4n) is 3.90. The highest BCUT2D eigenvalue weighted by Crippen LogP contribution is 2.38. The molecule has 1 amide bonds. The monoisotopic (exact) mass is 430 g/mol. The highest BCUT2D eigenvalue weighted by atomic mass is 32.2. The summed E-state index contributed by atoms with van der Waals surface area (Å²) in [5.41, 5.74) is 1.31. The standard InChI is InChI=1S/C22H26N2O3S2/c1-17-12-15-24(20-10-3-4-11-21(20)28-17)22(25)18-8-7-9-19(16-18)29(26,27)23-13-5-2-6-14-23/h3-4,7-11,16-17H,2,5-6,12-15H2,1H3. The van der Waals surface area contributed by atoms with Crippen molar-refractivity contribution in [2.75, 3.05) is 24.5 Å². The number of hydrogen-bond acceptors (Lipinski definition) is 4. The molecule has 154 valence electrons. The third kappa shape index (κ3) is 4.22. The van der Waals surface area contributed by atoms with Crippen LogP contribution in [0.15, 0.2) is 58.3 Å². The van der Waals surface area contributed by atoms with Crippen molar-refractivity contribution >= 4 is 33.4 Å². The van der Waals surface area contributed by atoms with Gasteiger partial charge < -0.3 is 4.90 Å². The second-order valence-electron chi connectivity index (χ2n) is 7.63. The van der Waals surface area contributed by atoms with E-state index in [1.807, 2.05) is 24.3 Å². The van der Waals surface area contributed by atoms with Crippen LogP contribution in [0.25, 0.3) is 0 Å². The molecule has 2 aliphatic rings. The fourth-order valence-corrected chi connectivity index (χ4v) is 6.57. The highest BCUT2D eigenvalue weighted by molar-refractivity contribution is 8.00. The van der Waals surface area contributed by atoms with Crippen LogP contribution in [0.3, 0.4) is 0 Å². The predicted octanol–water partition coefficient (Wildman–Crippen LogP) is 4.39. The van der Waals surface area contributed by atoms with Crippen molar-refractivity contribution in [3.05, 3.63) is 54.1 Å². The van der Waals surface area contributed by atoms with Gasteiger partial charge in [0.05, 0.1) is 10.6 Å². The van der Waals surface area contributed by atoms with Crippen molar-refractivity contribution in [3.8, 4) is 0 Å². The molecule has 0 spiro atoms. The van der Waals surface area contributed by atoms with Gasteiger partial charge in [-0.25, -0.2) is 8.42 Å². The first-order valence-corrected chi connectivity index (χ1v) is 12.5. The average Bonchev–Trinajstić information content (AvgIpc) is 2.92. The van der Waals surface area contributed by atoms with Gasteiger partial charge in [0.1, 0.15) is 0 Å². The van der Waals surface area contributed by atoms with E-state index in [9.17, 15) is 13.2 Å². The summed E-state index contributed by atoms with van der Waals surface area (Å²) in [4.78, 5) is 16.5. The molecule has 0 aromatic heterocycles. The first kappa shape index (κ1) is 20.4. The van der Waals surface area contributed by atoms with Crippen LogP contribution in [0.5, 0.6) is 0 Å². The molecule has 0 N–H and O–H groups in total. The molecule has 2 heterocycles. The van der Waals surface area contributed by atoms with Crippen LogP contribution >= 0.6 is 11.8 Å². The lowest BCUT2D eigenvalue weighted by atomic mass is 10.1. The van der Waals surface area contributed by atoms with Crippen LogP contribution in [-0.2, 0) is 10.0 Å². The lowest BCUT2D eigenvalue weighted by Crippen LogP contribution is -2.36. The van der Waals surface area contributed by atoms with E-state index in [0.29, 0.717) is 30.4 Å². The first-order chi connectivity index (χ1) is 14.0. The van der Waals surface area contributed by atoms with E-state index in [1.54, 1.807) is 39.2 Å². The van der Waals surface area contributed by atoms with Crippen LogP contribution < -0.4 is 4.90 Å². The molecule has 1 saturated heterocycles. The number of fused-ring (bicyclic) bond motifs is 1. The van der Waals surface area contributed by atoms with Crippen molar-refractivity contribution in [2.24, 2.45) is 0 Å². The number of thioether (sulfide) groups is 1. The van der Waals surface area contributed by atoms with Crippen LogP contribution in [0.1, 0.15) is 43.0 Å². The molecular weight excluding hydrogens is 404 g/mol. The van der Waals surface area contributed by atoms with Crippen LogP contribution in [0.4, 0.5) is 5.69 Å². The number of sulfonamides is 1. The molecule has 0 aliphatic carbocycles. The second kappa shape index (κ2) is 8.50. The molecule has 1 atom stereocenters. The zero-order valence-corrected chi connectivity index (χ0v) is 18.2. The van der Waals surface area contributed by atoms with Crippen LogP contribution in [-0.4, -0.2) is 43.5 Å². The first-order valence-electron chi connectivity index (χ1n) is 10.1. The summed E-state index contributed by atoms with van der Waals surface area (Å²) in [6, 6.07) is 14.4. The molecule has 1 unspecified atom stereocenters. The highest BCUT2D eigenvalue weighted by Gasteiger charge is 2.29. The zero-order valence-electron chi connectivity index (χ0n) is 16.6. The normalized spacial score (nSPS) is 20.7. The summed E-state index contributed by atoms with van der Waals surface area (Å²) in [5, 5.41) is 0.416. The SMILES string of the molecule is CC1CCN(C(=O)c2cccc(S(=O)(=O)N3CCCCC3)c2)c2ccccc2S1. The number of rotatable bonds is 3. The lowest BCUT2D eigenvalue weighted by molar-refractivity contribution is 0.0986. The van der Waals surface area contributed by atoms with Crippen LogP contribution in [0.2, 0.25) is 0 Å². The van der Waals surface area contributed by atoms with Crippen molar-refractivity contribution in [1.29, 1.82) is 0 Å². The molecule has 4 rings (SSSR count). The third-order valence-corrected chi connectivity index (χ3v) is 8.65. The van der Waals surface area contributed by atoms with Crippen molar-refractivity contribution in [3.63, 3.8) is 0 Å². The molecule has 0 bridgehead atoms. The Hall–Kier alpha value is -1.83. The Morgan fingerprint density at radius 2 is 1.76 bits per heavy atom. The van der Waals surface area contributed by atoms with Crippen molar-refractivity contribution < 1.29 is 13.2 Å². The van der Waals surface area contributed by atoms with E-state index in [1.165, 1.54) is 6.07 Å². The number of hydrogen-bond donors (Lipinski definition) is 0. The number of anilines is 1. The molecule has 7 heteroatoms. The number of para-hydroxylation sites is 1. The molecule has 0 saturated carbocycles. The maximum atomic E-state index is 13.4. The largest absolute Gasteiger partial charge is 0.307 e. The van der Waals surface area contributed by atoms with Crippen molar-refractivity contribution in [1.82, 2.24) is 4.31 Å². The number of piperidine rings is 1. The summed E-state index contributed by atoms with van der Waals surface area (Å²) < 4.78 is 27.6. The summed E-state index contributed by atoms with van der Waals surface area (Å²) in [6.07, 6.45) is 3.72. The van der Waals surface area contributed by atoms with E-state index >= 15 is 0 Å². The van der Waals surface area contributed by atoms with Gasteiger partial charge in [0.25, 0.3) is 5.91 Å². The third-order valence-electron chi connectivity index (χ3n) is 5.52. The molecule has 0 radical (unpaired) electrons. The lowest BCUT2D eigenvalue weighted by Gasteiger charge is -2.26. The van der Waals surface area contributed by atoms with Gasteiger partial charge in [-0.1, -0.05) is 31.5 Å². The van der Waals surface area contributed by atoms with E-state index in [4.69, 9.17) is 0 Å². The van der Waals surface area contributed by atoms with E-state index in [-0.39, 0.29) is 10.8 Å². The van der Waals surface area contributed by atoms with Gasteiger partial charge in [-0.05, 0) is 49.6 Å². The number of carbonyl (C=O) groups is 1. The Labute approximate surface area is 177 Å². The number of amides is 1. The van der Waals surface area contributed by atoms with Gasteiger partial charge >= 0.3 is 0 Å². The molecule has 2 aromatic rings. The Bertz CT molecular complexity index is 1000. The smallest absolute Gasteiger partial charge is 0.258 e. The predicted molar refractivity (Wildman–Crippen MR) is 117 cm³/mol. The summed E-state index contributed by atoms with van der Waals surface area (Å²) in [5.74, 6) is -0.150. The number of carbonyl (C=O) groups excluding carboxylic acids is 1. The summed E-state index contributed by atoms with van der Waals surface area (Å²) in [7, 11) is -3.57. The van der Waals surface area contributed by atoms with Gasteiger partial charge in [-0.15, -0.1) is 11.8 Å². The Morgan fingerprint density at radius 1 is 1.00 bits per heavy atom. The minimum absolute atomic E-state index is 0.150. The molecule has 2 aromatic carbocycles. The molecule has 2 aliphatic heterocycles. The number of benzene rings is 2. The zero-order chi connectivity index (χ0) is 20.4. The number of nitrogens with zero attached hydrogens (tertiary/aromatic N) is 2. The average molecular weight is 431 g/mol. The minimum Gasteiger partial charge on any atom is -0.307 e. The van der Waals surface area contributed by atoms with E-state index in [0.717, 1.165) is 36.3 Å². The molecule has 5 nitrogen and oxygen atoms in total. The van der Waals surface area contributed by atoms with Gasteiger partial charge in [-0.2, -0.15) is 4.31 Å². The minimum atomic E-state index is -3.57. The fraction of sp³-hybridized carbons (Fsp3) is 0.409. The summed E-state index contributed by atoms with van der Waals surface area (Å²) >= 11 is 1.78. The van der Waals surface area contributed by atoms with E-state index < -0.39 is 10.0 Å². The Balaban J connectivity index is 1.66. The Morgan fingerprint density at radius 3 is 2.55 bits per heavy atom. The quantitative estimate of drug-likeness (QED) is 0.725. The van der Waals surface area contributed by atoms with Gasteiger partial charge in [0.2, 0.25) is 10.0 Å². The molecule has 1 fully saturated rings. The molecule has 29 heavy (non-hydrogen) atoms. The second-order valence-corrected chi connectivity index (χ2v) is 11.1. The Kier molecular flexibility index (Phi) is 5.99. The van der Waals surface area contributed by atoms with Gasteiger partial charge in [0, 0.05) is 35.3 Å². The van der Waals surface area contributed by atoms with Gasteiger partial charge in [-0.3, -0.25) is 4.79 Å². The van der Waals surface area contributed by atoms with Gasteiger partial charge in [0.15, 0.2) is 0 Å². The molecular formula is C22H26N2O3S2. The maximum absolute atomic E-state index is 13.4.